The summed E-state index contributed by atoms with van der Waals surface area (Å²) in [5.74, 6) is -0.292. The molecule has 160 valence electrons. The highest BCUT2D eigenvalue weighted by atomic mass is 35.5. The third-order valence-electron chi connectivity index (χ3n) is 5.08. The molecule has 0 saturated carbocycles. The van der Waals surface area contributed by atoms with E-state index < -0.39 is 4.92 Å². The number of thiophene rings is 1. The maximum absolute atomic E-state index is 13.5. The number of hydrogen-bond acceptors (Lipinski definition) is 7. The number of aromatic nitrogens is 1. The molecule has 0 aliphatic carbocycles. The van der Waals surface area contributed by atoms with E-state index in [-0.39, 0.29) is 17.5 Å². The van der Waals surface area contributed by atoms with Gasteiger partial charge in [-0.2, -0.15) is 5.10 Å². The van der Waals surface area contributed by atoms with Crippen LogP contribution in [0.5, 0.6) is 0 Å². The molecule has 32 heavy (non-hydrogen) atoms. The molecule has 1 aliphatic rings. The summed E-state index contributed by atoms with van der Waals surface area (Å²) in [6, 6.07) is 16.3. The predicted octanol–water partition coefficient (Wildman–Crippen LogP) is 6.93. The summed E-state index contributed by atoms with van der Waals surface area (Å²) in [6.07, 6.45) is 0.634. The molecule has 0 radical (unpaired) electrons. The van der Waals surface area contributed by atoms with Gasteiger partial charge in [0.15, 0.2) is 0 Å². The summed E-state index contributed by atoms with van der Waals surface area (Å²) in [5, 5.41) is 20.2. The molecular weight excluding hydrogens is 471 g/mol. The summed E-state index contributed by atoms with van der Waals surface area (Å²) in [4.78, 5) is 16.2. The zero-order chi connectivity index (χ0) is 22.2. The number of nitro groups is 1. The molecule has 3 heterocycles. The second-order valence-corrected chi connectivity index (χ2v) is 9.64. The van der Waals surface area contributed by atoms with Crippen molar-refractivity contribution in [3.8, 4) is 11.3 Å². The number of thiazole rings is 1. The number of nitrogens with zero attached hydrogens (tertiary/aromatic N) is 4. The fourth-order valence-electron chi connectivity index (χ4n) is 3.51. The van der Waals surface area contributed by atoms with Crippen LogP contribution in [0.15, 0.2) is 71.1 Å². The number of hydrogen-bond donors (Lipinski definition) is 0. The van der Waals surface area contributed by atoms with Crippen LogP contribution in [-0.2, 0) is 0 Å². The first kappa shape index (κ1) is 20.7. The Hall–Kier alpha value is -3.14. The second-order valence-electron chi connectivity index (χ2n) is 7.09. The normalized spacial score (nSPS) is 15.8. The number of anilines is 1. The molecule has 0 fully saturated rings. The van der Waals surface area contributed by atoms with Crippen molar-refractivity contribution >= 4 is 50.8 Å². The molecule has 10 heteroatoms. The lowest BCUT2D eigenvalue weighted by Gasteiger charge is -2.21. The standard InChI is InChI=1S/C22H14ClFN4O2S2/c23-21-10-9-20(32-21)17-11-19(14-1-5-15(24)6-2-14)27(26-17)22-25-18(12-31-22)13-3-7-16(8-4-13)28(29)30/h1-10,12,19H,11H2. The van der Waals surface area contributed by atoms with Gasteiger partial charge in [-0.25, -0.2) is 14.4 Å². The van der Waals surface area contributed by atoms with Gasteiger partial charge >= 0.3 is 0 Å². The van der Waals surface area contributed by atoms with Crippen molar-refractivity contribution < 1.29 is 9.31 Å². The molecule has 0 N–H and O–H groups in total. The maximum atomic E-state index is 13.5. The molecule has 1 aliphatic heterocycles. The van der Waals surface area contributed by atoms with Crippen LogP contribution in [0.3, 0.4) is 0 Å². The number of nitro benzene ring substituents is 1. The molecule has 2 aromatic carbocycles. The molecule has 0 spiro atoms. The van der Waals surface area contributed by atoms with Crippen molar-refractivity contribution in [2.24, 2.45) is 5.10 Å². The second kappa shape index (κ2) is 8.42. The minimum Gasteiger partial charge on any atom is -0.258 e. The fraction of sp³-hybridized carbons (Fsp3) is 0.0909. The number of benzene rings is 2. The van der Waals surface area contributed by atoms with Crippen LogP contribution in [0.25, 0.3) is 11.3 Å². The highest BCUT2D eigenvalue weighted by Crippen LogP contribution is 2.40. The Morgan fingerprint density at radius 2 is 1.84 bits per heavy atom. The van der Waals surface area contributed by atoms with Gasteiger partial charge in [0.05, 0.1) is 31.6 Å². The van der Waals surface area contributed by atoms with Crippen LogP contribution in [-0.4, -0.2) is 15.6 Å². The van der Waals surface area contributed by atoms with Gasteiger partial charge in [-0.3, -0.25) is 10.1 Å². The molecule has 6 nitrogen and oxygen atoms in total. The van der Waals surface area contributed by atoms with Gasteiger partial charge in [0.25, 0.3) is 5.69 Å². The molecule has 0 saturated heterocycles. The van der Waals surface area contributed by atoms with E-state index in [0.717, 1.165) is 21.7 Å². The summed E-state index contributed by atoms with van der Waals surface area (Å²) in [6.45, 7) is 0. The van der Waals surface area contributed by atoms with Crippen LogP contribution in [0.1, 0.15) is 22.9 Å². The summed E-state index contributed by atoms with van der Waals surface area (Å²) >= 11 is 9.02. The molecule has 0 bridgehead atoms. The van der Waals surface area contributed by atoms with Gasteiger partial charge < -0.3 is 0 Å². The van der Waals surface area contributed by atoms with Gasteiger partial charge in [-0.05, 0) is 42.0 Å². The topological polar surface area (TPSA) is 71.6 Å². The molecule has 5 rings (SSSR count). The molecule has 1 atom stereocenters. The lowest BCUT2D eigenvalue weighted by Crippen LogP contribution is -2.18. The Labute approximate surface area is 195 Å². The van der Waals surface area contributed by atoms with Crippen molar-refractivity contribution in [1.29, 1.82) is 0 Å². The summed E-state index contributed by atoms with van der Waals surface area (Å²) in [7, 11) is 0. The molecule has 1 unspecified atom stereocenters. The van der Waals surface area contributed by atoms with Crippen molar-refractivity contribution in [2.45, 2.75) is 12.5 Å². The van der Waals surface area contributed by atoms with Crippen LogP contribution >= 0.6 is 34.3 Å². The smallest absolute Gasteiger partial charge is 0.258 e. The highest BCUT2D eigenvalue weighted by molar-refractivity contribution is 7.18. The van der Waals surface area contributed by atoms with Crippen molar-refractivity contribution in [1.82, 2.24) is 4.98 Å². The Morgan fingerprint density at radius 1 is 1.09 bits per heavy atom. The van der Waals surface area contributed by atoms with Crippen molar-refractivity contribution in [2.75, 3.05) is 5.01 Å². The van der Waals surface area contributed by atoms with E-state index in [0.29, 0.717) is 21.6 Å². The third-order valence-corrected chi connectivity index (χ3v) is 7.20. The Kier molecular flexibility index (Phi) is 5.46. The number of rotatable bonds is 5. The number of hydrazone groups is 1. The Balaban J connectivity index is 1.50. The average Bonchev–Trinajstić information content (AvgIpc) is 3.53. The Bertz CT molecular complexity index is 1320. The molecule has 0 amide bonds. The van der Waals surface area contributed by atoms with E-state index in [4.69, 9.17) is 21.7 Å². The maximum Gasteiger partial charge on any atom is 0.269 e. The lowest BCUT2D eigenvalue weighted by atomic mass is 10.0. The van der Waals surface area contributed by atoms with Crippen LogP contribution in [0.2, 0.25) is 4.34 Å². The van der Waals surface area contributed by atoms with Crippen molar-refractivity contribution in [3.05, 3.63) is 96.8 Å². The highest BCUT2D eigenvalue weighted by Gasteiger charge is 2.32. The van der Waals surface area contributed by atoms with Crippen LogP contribution in [0.4, 0.5) is 15.2 Å². The third kappa shape index (κ3) is 4.02. The number of halogens is 2. The minimum absolute atomic E-state index is 0.0315. The van der Waals surface area contributed by atoms with Gasteiger partial charge in [-0.15, -0.1) is 22.7 Å². The lowest BCUT2D eigenvalue weighted by molar-refractivity contribution is -0.384. The average molecular weight is 485 g/mol. The van der Waals surface area contributed by atoms with Gasteiger partial charge in [0.1, 0.15) is 5.82 Å². The van der Waals surface area contributed by atoms with Gasteiger partial charge in [-0.1, -0.05) is 23.7 Å². The van der Waals surface area contributed by atoms with E-state index in [2.05, 4.69) is 0 Å². The Morgan fingerprint density at radius 3 is 2.50 bits per heavy atom. The SMILES string of the molecule is O=[N+]([O-])c1ccc(-c2csc(N3N=C(c4ccc(Cl)s4)CC3c3ccc(F)cc3)n2)cc1. The monoisotopic (exact) mass is 484 g/mol. The van der Waals surface area contributed by atoms with E-state index >= 15 is 0 Å². The van der Waals surface area contributed by atoms with E-state index in [1.54, 1.807) is 24.3 Å². The zero-order valence-electron chi connectivity index (χ0n) is 16.3. The molecular formula is C22H14ClFN4O2S2. The van der Waals surface area contributed by atoms with Gasteiger partial charge in [0, 0.05) is 29.5 Å². The van der Waals surface area contributed by atoms with E-state index in [1.165, 1.54) is 46.9 Å². The summed E-state index contributed by atoms with van der Waals surface area (Å²) < 4.78 is 14.2. The first-order valence-corrected chi connectivity index (χ1v) is 11.6. The van der Waals surface area contributed by atoms with Gasteiger partial charge in [0.2, 0.25) is 5.13 Å². The first-order valence-electron chi connectivity index (χ1n) is 9.56. The minimum atomic E-state index is -0.430. The molecule has 2 aromatic heterocycles. The fourth-order valence-corrected chi connectivity index (χ4v) is 5.38. The molecule has 4 aromatic rings. The van der Waals surface area contributed by atoms with E-state index in [9.17, 15) is 14.5 Å². The largest absolute Gasteiger partial charge is 0.269 e. The van der Waals surface area contributed by atoms with Crippen LogP contribution < -0.4 is 5.01 Å². The number of non-ortho nitro benzene ring substituents is 1. The van der Waals surface area contributed by atoms with E-state index in [1.807, 2.05) is 22.5 Å². The first-order chi connectivity index (χ1) is 15.5. The zero-order valence-corrected chi connectivity index (χ0v) is 18.7. The predicted molar refractivity (Wildman–Crippen MR) is 126 cm³/mol. The quantitative estimate of drug-likeness (QED) is 0.227. The van der Waals surface area contributed by atoms with Crippen molar-refractivity contribution in [3.63, 3.8) is 0 Å². The summed E-state index contributed by atoms with van der Waals surface area (Å²) in [5.41, 5.74) is 3.35. The van der Waals surface area contributed by atoms with Crippen LogP contribution in [0, 0.1) is 15.9 Å².